The monoisotopic (exact) mass is 618 g/mol. The van der Waals surface area contributed by atoms with Crippen molar-refractivity contribution >= 4 is 62.4 Å². The predicted molar refractivity (Wildman–Crippen MR) is 146 cm³/mol. The number of hydrogen-bond donors (Lipinski definition) is 2. The van der Waals surface area contributed by atoms with Gasteiger partial charge in [-0.3, -0.25) is 7.91 Å². The summed E-state index contributed by atoms with van der Waals surface area (Å²) in [5.41, 5.74) is 10.6. The lowest BCUT2D eigenvalue weighted by Gasteiger charge is -2.17. The number of nitrogens with zero attached hydrogens (tertiary/aromatic N) is 6. The number of imidazole rings is 1. The fraction of sp³-hybridized carbons (Fsp3) is 0.130. The molecular formula is C23H17Cl2IN8O. The number of halogens is 3. The second-order valence-electron chi connectivity index (χ2n) is 8.11. The minimum absolute atomic E-state index is 0.0921. The van der Waals surface area contributed by atoms with Gasteiger partial charge < -0.3 is 15.3 Å². The van der Waals surface area contributed by atoms with E-state index in [1.54, 1.807) is 35.3 Å². The molecular weight excluding hydrogens is 602 g/mol. The molecule has 6 rings (SSSR count). The maximum Gasteiger partial charge on any atom is 0.252 e. The Labute approximate surface area is 220 Å². The minimum Gasteiger partial charge on any atom is -0.384 e. The molecule has 0 fully saturated rings. The summed E-state index contributed by atoms with van der Waals surface area (Å²) in [7, 11) is 0. The molecule has 4 aromatic rings. The van der Waals surface area contributed by atoms with Crippen LogP contribution in [0.4, 0.5) is 11.5 Å². The average Bonchev–Trinajstić information content (AvgIpc) is 3.59. The third kappa shape index (κ3) is 4.05. The largest absolute Gasteiger partial charge is 0.384 e. The van der Waals surface area contributed by atoms with E-state index in [0.29, 0.717) is 27.4 Å². The molecule has 5 heterocycles. The molecule has 9 nitrogen and oxygen atoms in total. The maximum absolute atomic E-state index is 13.4. The van der Waals surface area contributed by atoms with Gasteiger partial charge in [-0.2, -0.15) is 0 Å². The zero-order valence-corrected chi connectivity index (χ0v) is 21.7. The van der Waals surface area contributed by atoms with E-state index >= 15 is 0 Å². The molecule has 0 saturated carbocycles. The molecule has 3 aromatic heterocycles. The van der Waals surface area contributed by atoms with Crippen molar-refractivity contribution in [3.05, 3.63) is 80.7 Å². The van der Waals surface area contributed by atoms with E-state index in [2.05, 4.69) is 29.4 Å². The fourth-order valence-electron chi connectivity index (χ4n) is 4.47. The van der Waals surface area contributed by atoms with Crippen LogP contribution < -0.4 is 14.4 Å². The topological polar surface area (TPSA) is 118 Å². The van der Waals surface area contributed by atoms with Gasteiger partial charge in [-0.1, -0.05) is 23.2 Å². The summed E-state index contributed by atoms with van der Waals surface area (Å²) in [6, 6.07) is 12.7. The molecule has 35 heavy (non-hydrogen) atoms. The quantitative estimate of drug-likeness (QED) is 0.176. The molecule has 2 aliphatic rings. The molecule has 0 spiro atoms. The number of benzene rings is 1. The van der Waals surface area contributed by atoms with Crippen LogP contribution in [-0.4, -0.2) is 25.9 Å². The molecule has 0 amide bonds. The molecule has 1 aromatic carbocycles. The number of pyridine rings is 2. The molecule has 0 aliphatic carbocycles. The number of nitrogens with two attached hydrogens (primary N) is 1. The number of anilines is 2. The van der Waals surface area contributed by atoms with Crippen molar-refractivity contribution < 1.29 is 0 Å². The molecule has 3 N–H and O–H groups in total. The number of nitrogen functional groups attached to an aromatic ring is 1. The van der Waals surface area contributed by atoms with Crippen LogP contribution >= 0.6 is 44.5 Å². The highest BCUT2D eigenvalue weighted by Gasteiger charge is 2.28. The van der Waals surface area contributed by atoms with Crippen molar-refractivity contribution in [2.45, 2.75) is 18.9 Å². The predicted octanol–water partition coefficient (Wildman–Crippen LogP) is 5.56. The molecule has 0 bridgehead atoms. The maximum atomic E-state index is 13.4. The number of rotatable bonds is 4. The summed E-state index contributed by atoms with van der Waals surface area (Å²) < 4.78 is 7.96. The number of H-pyrrole nitrogens is 1. The SMILES string of the molecule is Nc1ccc(-c2cnc([C@@H]3CCc4cc(-c5cc(Cl)ccc5N5C=NN=I5)cc(=O)n43)[nH]2)c(Cl)n1. The summed E-state index contributed by atoms with van der Waals surface area (Å²) in [5.74, 6) is 1.05. The van der Waals surface area contributed by atoms with Crippen molar-refractivity contribution in [2.75, 3.05) is 8.85 Å². The molecule has 12 heteroatoms. The van der Waals surface area contributed by atoms with Crippen LogP contribution in [0.25, 0.3) is 22.4 Å². The third-order valence-electron chi connectivity index (χ3n) is 6.02. The van der Waals surface area contributed by atoms with E-state index < -0.39 is 21.3 Å². The first-order valence-electron chi connectivity index (χ1n) is 10.7. The Morgan fingerprint density at radius 3 is 2.80 bits per heavy atom. The van der Waals surface area contributed by atoms with Crippen molar-refractivity contribution in [1.29, 1.82) is 0 Å². The Morgan fingerprint density at radius 1 is 1.11 bits per heavy atom. The highest BCUT2D eigenvalue weighted by Crippen LogP contribution is 2.39. The van der Waals surface area contributed by atoms with Gasteiger partial charge in [-0.05, 0) is 54.8 Å². The van der Waals surface area contributed by atoms with Gasteiger partial charge >= 0.3 is 0 Å². The van der Waals surface area contributed by atoms with Gasteiger partial charge in [0.25, 0.3) is 5.56 Å². The normalized spacial score (nSPS) is 16.5. The lowest BCUT2D eigenvalue weighted by Crippen LogP contribution is -2.24. The van der Waals surface area contributed by atoms with Crippen LogP contribution in [0.1, 0.15) is 24.0 Å². The van der Waals surface area contributed by atoms with Gasteiger partial charge in [0.2, 0.25) is 0 Å². The van der Waals surface area contributed by atoms with E-state index in [9.17, 15) is 4.79 Å². The number of aromatic amines is 1. The fourth-order valence-corrected chi connectivity index (χ4v) is 6.21. The molecule has 176 valence electrons. The van der Waals surface area contributed by atoms with E-state index in [1.165, 1.54) is 0 Å². The van der Waals surface area contributed by atoms with Crippen LogP contribution in [0.15, 0.2) is 61.8 Å². The van der Waals surface area contributed by atoms with Gasteiger partial charge in [0.15, 0.2) is 21.3 Å². The minimum atomic E-state index is -0.618. The van der Waals surface area contributed by atoms with Crippen LogP contribution in [-0.2, 0) is 6.42 Å². The summed E-state index contributed by atoms with van der Waals surface area (Å²) in [5, 5.41) is 4.90. The summed E-state index contributed by atoms with van der Waals surface area (Å²) in [6.07, 6.45) is 4.92. The molecule has 2 aliphatic heterocycles. The van der Waals surface area contributed by atoms with Crippen molar-refractivity contribution in [2.24, 2.45) is 8.36 Å². The Balaban J connectivity index is 1.38. The van der Waals surface area contributed by atoms with E-state index in [-0.39, 0.29) is 11.6 Å². The molecule has 0 saturated heterocycles. The zero-order valence-electron chi connectivity index (χ0n) is 18.0. The van der Waals surface area contributed by atoms with Crippen LogP contribution in [0.5, 0.6) is 0 Å². The molecule has 1 atom stereocenters. The smallest absolute Gasteiger partial charge is 0.252 e. The second kappa shape index (κ2) is 8.85. The Kier molecular flexibility index (Phi) is 5.66. The van der Waals surface area contributed by atoms with E-state index in [0.717, 1.165) is 41.0 Å². The highest BCUT2D eigenvalue weighted by atomic mass is 127. The number of fused-ring (bicyclic) bond motifs is 1. The Hall–Kier alpha value is -3.09. The van der Waals surface area contributed by atoms with Gasteiger partial charge in [-0.25, -0.2) is 9.97 Å². The van der Waals surface area contributed by atoms with E-state index in [1.807, 2.05) is 21.3 Å². The van der Waals surface area contributed by atoms with Crippen LogP contribution in [0.3, 0.4) is 0 Å². The second-order valence-corrected chi connectivity index (χ2v) is 10.8. The molecule has 0 unspecified atom stereocenters. The first-order chi connectivity index (χ1) is 17.0. The van der Waals surface area contributed by atoms with Gasteiger partial charge in [0, 0.05) is 27.9 Å². The molecule has 0 radical (unpaired) electrons. The third-order valence-corrected chi connectivity index (χ3v) is 8.22. The van der Waals surface area contributed by atoms with Gasteiger partial charge in [-0.15, -0.1) is 8.36 Å². The Bertz CT molecular complexity index is 1580. The number of aromatic nitrogens is 4. The summed E-state index contributed by atoms with van der Waals surface area (Å²) in [6.45, 7) is 0. The number of aryl methyl sites for hydroxylation is 1. The number of nitrogens with one attached hydrogen (secondary N) is 1. The average molecular weight is 619 g/mol. The lowest BCUT2D eigenvalue weighted by atomic mass is 10.0. The number of hydrogen-bond acceptors (Lipinski definition) is 7. The van der Waals surface area contributed by atoms with Crippen molar-refractivity contribution in [3.63, 3.8) is 0 Å². The van der Waals surface area contributed by atoms with Crippen LogP contribution in [0.2, 0.25) is 10.2 Å². The summed E-state index contributed by atoms with van der Waals surface area (Å²) in [4.78, 5) is 25.3. The first-order valence-corrected chi connectivity index (χ1v) is 13.4. The van der Waals surface area contributed by atoms with Crippen LogP contribution in [0, 0.1) is 0 Å². The first kappa shape index (κ1) is 22.4. The van der Waals surface area contributed by atoms with Crippen molar-refractivity contribution in [1.82, 2.24) is 19.5 Å². The van der Waals surface area contributed by atoms with Crippen molar-refractivity contribution in [3.8, 4) is 22.4 Å². The van der Waals surface area contributed by atoms with Gasteiger partial charge in [0.1, 0.15) is 23.1 Å². The Morgan fingerprint density at radius 2 is 2.00 bits per heavy atom. The summed E-state index contributed by atoms with van der Waals surface area (Å²) >= 11 is 12.0. The van der Waals surface area contributed by atoms with E-state index in [4.69, 9.17) is 28.9 Å². The lowest BCUT2D eigenvalue weighted by molar-refractivity contribution is 0.572. The zero-order chi connectivity index (χ0) is 24.1. The van der Waals surface area contributed by atoms with Gasteiger partial charge in [0.05, 0.1) is 23.6 Å². The highest BCUT2D eigenvalue weighted by molar-refractivity contribution is 14.2. The standard InChI is InChI=1S/C23H17Cl2IN8O/c24-13-1-4-18(33-11-29-32-26-33)16(9-13)12-7-14-2-5-19(34(14)21(35)8-12)23-28-10-17(30-23)15-3-6-20(27)31-22(15)25/h1,3-4,6-11,19H,2,5H2,(H2,27,31)(H,28,30)/t19-/m0/s1.